The third-order valence-electron chi connectivity index (χ3n) is 3.53. The van der Waals surface area contributed by atoms with Crippen LogP contribution in [0.4, 0.5) is 5.69 Å². The fraction of sp³-hybridized carbons (Fsp3) is 0.278. The summed E-state index contributed by atoms with van der Waals surface area (Å²) >= 11 is 0. The van der Waals surface area contributed by atoms with E-state index in [9.17, 15) is 0 Å². The molecule has 1 aromatic heterocycles. The number of benzene rings is 2. The van der Waals surface area contributed by atoms with Crippen molar-refractivity contribution in [3.63, 3.8) is 0 Å². The number of fused-ring (bicyclic) bond motifs is 1. The fourth-order valence-electron chi connectivity index (χ4n) is 2.68. The first-order chi connectivity index (χ1) is 10.1. The average Bonchev–Trinajstić information content (AvgIpc) is 2.84. The van der Waals surface area contributed by atoms with Gasteiger partial charge in [0.1, 0.15) is 5.82 Å². The summed E-state index contributed by atoms with van der Waals surface area (Å²) in [6.07, 6.45) is 0. The van der Waals surface area contributed by atoms with Crippen LogP contribution in [0.1, 0.15) is 26.6 Å². The van der Waals surface area contributed by atoms with Gasteiger partial charge in [-0.1, -0.05) is 30.3 Å². The Labute approximate surface area is 125 Å². The molecule has 3 aromatic rings. The molecule has 2 aromatic carbocycles. The Morgan fingerprint density at radius 3 is 2.33 bits per heavy atom. The summed E-state index contributed by atoms with van der Waals surface area (Å²) in [4.78, 5) is 4.79. The second-order valence-corrected chi connectivity index (χ2v) is 6.24. The molecule has 0 amide bonds. The maximum atomic E-state index is 4.79. The Morgan fingerprint density at radius 2 is 1.62 bits per heavy atom. The number of hydrogen-bond acceptors (Lipinski definition) is 2. The average molecular weight is 279 g/mol. The molecule has 0 saturated carbocycles. The Balaban J connectivity index is 1.98. The standard InChI is InChI=1S/C18H21N3/c1-18(2,3)21-16-12-8-7-11-15(16)20-17(21)13-19-14-9-5-4-6-10-14/h4-12,19H,13H2,1-3H3. The summed E-state index contributed by atoms with van der Waals surface area (Å²) < 4.78 is 2.32. The second-order valence-electron chi connectivity index (χ2n) is 6.24. The summed E-state index contributed by atoms with van der Waals surface area (Å²) in [6, 6.07) is 18.6. The number of aromatic nitrogens is 2. The number of nitrogens with zero attached hydrogens (tertiary/aromatic N) is 2. The topological polar surface area (TPSA) is 29.9 Å². The van der Waals surface area contributed by atoms with Gasteiger partial charge < -0.3 is 9.88 Å². The van der Waals surface area contributed by atoms with E-state index >= 15 is 0 Å². The normalized spacial score (nSPS) is 11.8. The van der Waals surface area contributed by atoms with Gasteiger partial charge in [0.05, 0.1) is 17.6 Å². The zero-order valence-electron chi connectivity index (χ0n) is 12.8. The molecular weight excluding hydrogens is 258 g/mol. The highest BCUT2D eigenvalue weighted by Gasteiger charge is 2.20. The third-order valence-corrected chi connectivity index (χ3v) is 3.53. The third kappa shape index (κ3) is 2.77. The molecule has 21 heavy (non-hydrogen) atoms. The number of anilines is 1. The van der Waals surface area contributed by atoms with Gasteiger partial charge in [-0.25, -0.2) is 4.98 Å². The van der Waals surface area contributed by atoms with Crippen LogP contribution in [0.2, 0.25) is 0 Å². The van der Waals surface area contributed by atoms with E-state index < -0.39 is 0 Å². The van der Waals surface area contributed by atoms with Crippen molar-refractivity contribution >= 4 is 16.7 Å². The van der Waals surface area contributed by atoms with E-state index in [2.05, 4.69) is 61.0 Å². The lowest BCUT2D eigenvalue weighted by molar-refractivity contribution is 0.396. The molecule has 0 aliphatic carbocycles. The van der Waals surface area contributed by atoms with Crippen LogP contribution in [0.5, 0.6) is 0 Å². The van der Waals surface area contributed by atoms with Crippen LogP contribution in [0.15, 0.2) is 54.6 Å². The van der Waals surface area contributed by atoms with Gasteiger partial charge in [-0.3, -0.25) is 0 Å². The van der Waals surface area contributed by atoms with Crippen LogP contribution in [0, 0.1) is 0 Å². The summed E-state index contributed by atoms with van der Waals surface area (Å²) in [5.74, 6) is 1.06. The van der Waals surface area contributed by atoms with Crippen molar-refractivity contribution in [1.82, 2.24) is 9.55 Å². The van der Waals surface area contributed by atoms with Gasteiger partial charge >= 0.3 is 0 Å². The number of nitrogens with one attached hydrogen (secondary N) is 1. The predicted molar refractivity (Wildman–Crippen MR) is 88.5 cm³/mol. The van der Waals surface area contributed by atoms with Crippen LogP contribution >= 0.6 is 0 Å². The molecule has 3 rings (SSSR count). The van der Waals surface area contributed by atoms with Gasteiger partial charge in [0.25, 0.3) is 0 Å². The van der Waals surface area contributed by atoms with Gasteiger partial charge in [0.15, 0.2) is 0 Å². The molecule has 0 atom stereocenters. The van der Waals surface area contributed by atoms with Gasteiger partial charge in [0.2, 0.25) is 0 Å². The highest BCUT2D eigenvalue weighted by atomic mass is 15.2. The van der Waals surface area contributed by atoms with Crippen molar-refractivity contribution in [3.8, 4) is 0 Å². The van der Waals surface area contributed by atoms with E-state index in [1.54, 1.807) is 0 Å². The summed E-state index contributed by atoms with van der Waals surface area (Å²) in [5.41, 5.74) is 3.36. The molecule has 108 valence electrons. The number of hydrogen-bond donors (Lipinski definition) is 1. The minimum Gasteiger partial charge on any atom is -0.378 e. The minimum absolute atomic E-state index is 0.00377. The Bertz CT molecular complexity index is 736. The van der Waals surface area contributed by atoms with Crippen LogP contribution < -0.4 is 5.32 Å². The number of imidazole rings is 1. The first-order valence-electron chi connectivity index (χ1n) is 7.31. The van der Waals surface area contributed by atoms with E-state index in [4.69, 9.17) is 4.98 Å². The molecule has 0 radical (unpaired) electrons. The first-order valence-corrected chi connectivity index (χ1v) is 7.31. The maximum absolute atomic E-state index is 4.79. The summed E-state index contributed by atoms with van der Waals surface area (Å²) in [5, 5.41) is 3.45. The Hall–Kier alpha value is -2.29. The Kier molecular flexibility index (Phi) is 3.42. The predicted octanol–water partition coefficient (Wildman–Crippen LogP) is 4.40. The molecule has 3 nitrogen and oxygen atoms in total. The Morgan fingerprint density at radius 1 is 0.952 bits per heavy atom. The SMILES string of the molecule is CC(C)(C)n1c(CNc2ccccc2)nc2ccccc21. The van der Waals surface area contributed by atoms with Gasteiger partial charge in [-0.05, 0) is 45.0 Å². The van der Waals surface area contributed by atoms with Crippen LogP contribution in [-0.2, 0) is 12.1 Å². The van der Waals surface area contributed by atoms with Gasteiger partial charge in [-0.15, -0.1) is 0 Å². The summed E-state index contributed by atoms with van der Waals surface area (Å²) in [6.45, 7) is 7.36. The molecule has 0 aliphatic rings. The lowest BCUT2D eigenvalue weighted by Gasteiger charge is -2.25. The molecule has 0 aliphatic heterocycles. The minimum atomic E-state index is 0.00377. The zero-order chi connectivity index (χ0) is 14.9. The van der Waals surface area contributed by atoms with Crippen LogP contribution in [0.25, 0.3) is 11.0 Å². The smallest absolute Gasteiger partial charge is 0.129 e. The highest BCUT2D eigenvalue weighted by molar-refractivity contribution is 5.76. The monoisotopic (exact) mass is 279 g/mol. The molecule has 1 heterocycles. The van der Waals surface area contributed by atoms with Crippen molar-refractivity contribution in [1.29, 1.82) is 0 Å². The second kappa shape index (κ2) is 5.24. The van der Waals surface area contributed by atoms with E-state index in [1.807, 2.05) is 24.3 Å². The first kappa shape index (κ1) is 13.7. The van der Waals surface area contributed by atoms with Crippen molar-refractivity contribution in [2.75, 3.05) is 5.32 Å². The van der Waals surface area contributed by atoms with E-state index in [-0.39, 0.29) is 5.54 Å². The number of para-hydroxylation sites is 3. The molecule has 0 unspecified atom stereocenters. The van der Waals surface area contributed by atoms with Gasteiger partial charge in [-0.2, -0.15) is 0 Å². The van der Waals surface area contributed by atoms with Crippen LogP contribution in [-0.4, -0.2) is 9.55 Å². The zero-order valence-corrected chi connectivity index (χ0v) is 12.8. The molecule has 0 bridgehead atoms. The molecular formula is C18H21N3. The van der Waals surface area contributed by atoms with E-state index in [0.717, 1.165) is 23.6 Å². The van der Waals surface area contributed by atoms with E-state index in [0.29, 0.717) is 0 Å². The van der Waals surface area contributed by atoms with Crippen molar-refractivity contribution in [2.24, 2.45) is 0 Å². The van der Waals surface area contributed by atoms with Gasteiger partial charge in [0, 0.05) is 11.2 Å². The largest absolute Gasteiger partial charge is 0.378 e. The van der Waals surface area contributed by atoms with Crippen molar-refractivity contribution in [3.05, 3.63) is 60.4 Å². The highest BCUT2D eigenvalue weighted by Crippen LogP contribution is 2.25. The lowest BCUT2D eigenvalue weighted by atomic mass is 10.1. The fourth-order valence-corrected chi connectivity index (χ4v) is 2.68. The maximum Gasteiger partial charge on any atom is 0.129 e. The lowest BCUT2D eigenvalue weighted by Crippen LogP contribution is -2.25. The van der Waals surface area contributed by atoms with Crippen molar-refractivity contribution < 1.29 is 0 Å². The molecule has 0 saturated heterocycles. The molecule has 1 N–H and O–H groups in total. The molecule has 3 heteroatoms. The molecule has 0 fully saturated rings. The number of rotatable bonds is 3. The van der Waals surface area contributed by atoms with Crippen molar-refractivity contribution in [2.45, 2.75) is 32.9 Å². The van der Waals surface area contributed by atoms with E-state index in [1.165, 1.54) is 5.52 Å². The quantitative estimate of drug-likeness (QED) is 0.770. The van der Waals surface area contributed by atoms with Crippen LogP contribution in [0.3, 0.4) is 0 Å². The summed E-state index contributed by atoms with van der Waals surface area (Å²) in [7, 11) is 0. The molecule has 0 spiro atoms.